The molecule has 0 spiro atoms. The quantitative estimate of drug-likeness (QED) is 0.477. The summed E-state index contributed by atoms with van der Waals surface area (Å²) < 4.78 is 50.9. The van der Waals surface area contributed by atoms with Crippen molar-refractivity contribution in [1.29, 1.82) is 0 Å². The fourth-order valence-corrected chi connectivity index (χ4v) is 2.44. The van der Waals surface area contributed by atoms with Crippen LogP contribution in [0.5, 0.6) is 0 Å². The summed E-state index contributed by atoms with van der Waals surface area (Å²) in [5.74, 6) is -3.04. The Labute approximate surface area is 142 Å². The number of fused-ring (bicyclic) bond motifs is 2. The van der Waals surface area contributed by atoms with Crippen LogP contribution in [0, 0.1) is 5.82 Å². The lowest BCUT2D eigenvalue weighted by molar-refractivity contribution is -0.192. The Hall–Kier alpha value is -3.36. The van der Waals surface area contributed by atoms with Crippen molar-refractivity contribution in [2.75, 3.05) is 0 Å². The van der Waals surface area contributed by atoms with Gasteiger partial charge in [0.15, 0.2) is 0 Å². The van der Waals surface area contributed by atoms with Gasteiger partial charge >= 0.3 is 12.1 Å². The van der Waals surface area contributed by atoms with Gasteiger partial charge in [-0.2, -0.15) is 13.2 Å². The van der Waals surface area contributed by atoms with Gasteiger partial charge in [-0.1, -0.05) is 0 Å². The number of nitrogens with zero attached hydrogens (tertiary/aromatic N) is 1. The van der Waals surface area contributed by atoms with Crippen LogP contribution in [-0.4, -0.2) is 27.2 Å². The van der Waals surface area contributed by atoms with Crippen LogP contribution in [0.3, 0.4) is 0 Å². The average molecular weight is 366 g/mol. The second kappa shape index (κ2) is 6.51. The smallest absolute Gasteiger partial charge is 0.475 e. The molecule has 0 saturated carbocycles. The van der Waals surface area contributed by atoms with Crippen LogP contribution >= 0.6 is 0 Å². The number of carboxylic acids is 1. The lowest BCUT2D eigenvalue weighted by atomic mass is 10.0. The lowest BCUT2D eigenvalue weighted by Gasteiger charge is -2.04. The van der Waals surface area contributed by atoms with Crippen molar-refractivity contribution in [2.45, 2.75) is 6.18 Å². The van der Waals surface area contributed by atoms with E-state index in [9.17, 15) is 17.6 Å². The van der Waals surface area contributed by atoms with E-state index in [1.165, 1.54) is 12.1 Å². The average Bonchev–Trinajstić information content (AvgIpc) is 3.21. The molecule has 3 aromatic heterocycles. The number of carboxylic acid groups (broad SMARTS) is 1. The van der Waals surface area contributed by atoms with E-state index in [0.29, 0.717) is 5.58 Å². The first-order valence-electron chi connectivity index (χ1n) is 7.15. The number of aromatic amines is 1. The second-order valence-corrected chi connectivity index (χ2v) is 5.22. The third-order valence-electron chi connectivity index (χ3n) is 3.53. The standard InChI is InChI=1S/C15H9FN2O.C2HF3O2/c16-10-5-9-2-4-19-15(9)12(6-10)13-7-17-8-14-11(13)1-3-18-14;3-2(4,5)1(6)7/h1-8,18H;(H,6,7). The predicted octanol–water partition coefficient (Wildman–Crippen LogP) is 4.75. The molecule has 0 amide bonds. The fraction of sp³-hybridized carbons (Fsp3) is 0.0588. The van der Waals surface area contributed by atoms with Crippen LogP contribution in [0.4, 0.5) is 17.6 Å². The topological polar surface area (TPSA) is 79.1 Å². The van der Waals surface area contributed by atoms with Gasteiger partial charge in [0.25, 0.3) is 0 Å². The number of hydrogen-bond acceptors (Lipinski definition) is 3. The number of halogens is 4. The highest BCUT2D eigenvalue weighted by Gasteiger charge is 2.38. The molecule has 0 aliphatic heterocycles. The molecule has 0 aliphatic rings. The number of pyridine rings is 1. The Bertz CT molecular complexity index is 1080. The molecule has 2 N–H and O–H groups in total. The molecular weight excluding hydrogens is 356 g/mol. The minimum absolute atomic E-state index is 0.281. The van der Waals surface area contributed by atoms with Gasteiger partial charge in [0.05, 0.1) is 18.0 Å². The molecule has 26 heavy (non-hydrogen) atoms. The number of aliphatic carboxylic acids is 1. The van der Waals surface area contributed by atoms with E-state index in [-0.39, 0.29) is 5.82 Å². The summed E-state index contributed by atoms with van der Waals surface area (Å²) in [5, 5.41) is 8.88. The van der Waals surface area contributed by atoms with Crippen LogP contribution in [0.2, 0.25) is 0 Å². The zero-order valence-electron chi connectivity index (χ0n) is 12.8. The van der Waals surface area contributed by atoms with E-state index in [2.05, 4.69) is 9.97 Å². The maximum absolute atomic E-state index is 13.7. The molecular formula is C17H10F4N2O3. The number of furan rings is 1. The summed E-state index contributed by atoms with van der Waals surface area (Å²) in [6, 6.07) is 6.65. The number of carbonyl (C=O) groups is 1. The molecule has 3 heterocycles. The summed E-state index contributed by atoms with van der Waals surface area (Å²) in [6.07, 6.45) is 1.80. The van der Waals surface area contributed by atoms with Gasteiger partial charge < -0.3 is 14.5 Å². The Morgan fingerprint density at radius 1 is 1.15 bits per heavy atom. The van der Waals surface area contributed by atoms with Crippen molar-refractivity contribution >= 4 is 27.8 Å². The Balaban J connectivity index is 0.000000242. The maximum atomic E-state index is 13.7. The van der Waals surface area contributed by atoms with Gasteiger partial charge in [0.1, 0.15) is 11.4 Å². The number of rotatable bonds is 1. The summed E-state index contributed by atoms with van der Waals surface area (Å²) in [4.78, 5) is 16.2. The molecule has 0 saturated heterocycles. The van der Waals surface area contributed by atoms with E-state index in [4.69, 9.17) is 14.3 Å². The van der Waals surface area contributed by atoms with Crippen molar-refractivity contribution in [3.05, 3.63) is 54.9 Å². The molecule has 0 radical (unpaired) electrons. The molecule has 1 aromatic carbocycles. The van der Waals surface area contributed by atoms with E-state index in [1.54, 1.807) is 24.7 Å². The van der Waals surface area contributed by atoms with Crippen molar-refractivity contribution in [3.8, 4) is 11.1 Å². The van der Waals surface area contributed by atoms with Gasteiger partial charge in [0, 0.05) is 34.3 Å². The highest BCUT2D eigenvalue weighted by molar-refractivity contribution is 6.02. The van der Waals surface area contributed by atoms with Gasteiger partial charge in [-0.15, -0.1) is 0 Å². The van der Waals surface area contributed by atoms with Crippen molar-refractivity contribution < 1.29 is 31.9 Å². The maximum Gasteiger partial charge on any atom is 0.490 e. The van der Waals surface area contributed by atoms with Gasteiger partial charge in [-0.3, -0.25) is 4.98 Å². The molecule has 4 rings (SSSR count). The van der Waals surface area contributed by atoms with Crippen LogP contribution in [-0.2, 0) is 4.79 Å². The van der Waals surface area contributed by atoms with Gasteiger partial charge in [-0.05, 0) is 24.3 Å². The van der Waals surface area contributed by atoms with Gasteiger partial charge in [0.2, 0.25) is 0 Å². The zero-order chi connectivity index (χ0) is 18.9. The number of benzene rings is 1. The Kier molecular flexibility index (Phi) is 4.37. The normalized spacial score (nSPS) is 11.4. The van der Waals surface area contributed by atoms with Crippen molar-refractivity contribution in [3.63, 3.8) is 0 Å². The van der Waals surface area contributed by atoms with E-state index >= 15 is 0 Å². The zero-order valence-corrected chi connectivity index (χ0v) is 12.8. The minimum atomic E-state index is -5.08. The number of alkyl halides is 3. The largest absolute Gasteiger partial charge is 0.490 e. The van der Waals surface area contributed by atoms with Crippen molar-refractivity contribution in [1.82, 2.24) is 9.97 Å². The third kappa shape index (κ3) is 3.37. The van der Waals surface area contributed by atoms with Crippen LogP contribution in [0.15, 0.2) is 53.5 Å². The molecule has 0 fully saturated rings. The first-order chi connectivity index (χ1) is 12.3. The SMILES string of the molecule is Fc1cc(-c2cncc3[nH]ccc23)c2occc2c1.O=C(O)C(F)(F)F. The van der Waals surface area contributed by atoms with E-state index in [0.717, 1.165) is 27.4 Å². The number of hydrogen-bond donors (Lipinski definition) is 2. The first kappa shape index (κ1) is 17.5. The van der Waals surface area contributed by atoms with Crippen LogP contribution in [0.25, 0.3) is 33.0 Å². The first-order valence-corrected chi connectivity index (χ1v) is 7.15. The Morgan fingerprint density at radius 3 is 2.58 bits per heavy atom. The molecule has 5 nitrogen and oxygen atoms in total. The lowest BCUT2D eigenvalue weighted by Crippen LogP contribution is -2.21. The highest BCUT2D eigenvalue weighted by Crippen LogP contribution is 2.34. The Morgan fingerprint density at radius 2 is 1.88 bits per heavy atom. The summed E-state index contributed by atoms with van der Waals surface area (Å²) in [6.45, 7) is 0. The molecule has 0 bridgehead atoms. The summed E-state index contributed by atoms with van der Waals surface area (Å²) in [7, 11) is 0. The highest BCUT2D eigenvalue weighted by atomic mass is 19.4. The molecule has 0 aliphatic carbocycles. The third-order valence-corrected chi connectivity index (χ3v) is 3.53. The number of nitrogens with one attached hydrogen (secondary N) is 1. The monoisotopic (exact) mass is 366 g/mol. The number of aromatic nitrogens is 2. The fourth-order valence-electron chi connectivity index (χ4n) is 2.44. The predicted molar refractivity (Wildman–Crippen MR) is 85.0 cm³/mol. The van der Waals surface area contributed by atoms with Gasteiger partial charge in [-0.25, -0.2) is 9.18 Å². The van der Waals surface area contributed by atoms with E-state index < -0.39 is 12.1 Å². The summed E-state index contributed by atoms with van der Waals surface area (Å²) >= 11 is 0. The second-order valence-electron chi connectivity index (χ2n) is 5.22. The molecule has 0 unspecified atom stereocenters. The molecule has 0 atom stereocenters. The van der Waals surface area contributed by atoms with Crippen LogP contribution in [0.1, 0.15) is 0 Å². The molecule has 4 aromatic rings. The minimum Gasteiger partial charge on any atom is -0.475 e. The van der Waals surface area contributed by atoms with Crippen LogP contribution < -0.4 is 0 Å². The molecule has 9 heteroatoms. The summed E-state index contributed by atoms with van der Waals surface area (Å²) in [5.41, 5.74) is 3.18. The molecule has 134 valence electrons. The van der Waals surface area contributed by atoms with E-state index in [1.807, 2.05) is 12.3 Å². The van der Waals surface area contributed by atoms with Crippen molar-refractivity contribution in [2.24, 2.45) is 0 Å². The number of H-pyrrole nitrogens is 1.